The van der Waals surface area contributed by atoms with Gasteiger partial charge in [0.25, 0.3) is 5.91 Å². The number of fused-ring (bicyclic) bond motifs is 1. The van der Waals surface area contributed by atoms with Crippen LogP contribution in [0.25, 0.3) is 0 Å². The Hall–Kier alpha value is -3.68. The van der Waals surface area contributed by atoms with Crippen LogP contribution in [0.5, 0.6) is 5.75 Å². The van der Waals surface area contributed by atoms with E-state index in [0.717, 1.165) is 0 Å². The second-order valence-electron chi connectivity index (χ2n) is 6.72. The van der Waals surface area contributed by atoms with E-state index >= 15 is 0 Å². The van der Waals surface area contributed by atoms with Crippen molar-refractivity contribution in [3.05, 3.63) is 53.6 Å². The SMILES string of the molecule is CC(=O)c1ccc2c(c1)N(C(C)C(=O)Nc1ccc(CC(=O)O)cc1)C(=O)CO2. The summed E-state index contributed by atoms with van der Waals surface area (Å²) >= 11 is 0. The molecule has 0 radical (unpaired) electrons. The van der Waals surface area contributed by atoms with Crippen LogP contribution in [0.15, 0.2) is 42.5 Å². The van der Waals surface area contributed by atoms with Crippen molar-refractivity contribution in [1.82, 2.24) is 0 Å². The Labute approximate surface area is 167 Å². The van der Waals surface area contributed by atoms with Crippen LogP contribution in [0, 0.1) is 0 Å². The number of hydrogen-bond donors (Lipinski definition) is 2. The zero-order valence-electron chi connectivity index (χ0n) is 16.0. The van der Waals surface area contributed by atoms with Gasteiger partial charge in [0, 0.05) is 11.3 Å². The van der Waals surface area contributed by atoms with E-state index in [4.69, 9.17) is 9.84 Å². The van der Waals surface area contributed by atoms with Gasteiger partial charge in [-0.3, -0.25) is 24.1 Å². The van der Waals surface area contributed by atoms with Crippen LogP contribution in [0.2, 0.25) is 0 Å². The van der Waals surface area contributed by atoms with Crippen molar-refractivity contribution < 1.29 is 29.0 Å². The minimum Gasteiger partial charge on any atom is -0.482 e. The molecule has 0 bridgehead atoms. The third-order valence-corrected chi connectivity index (χ3v) is 4.59. The minimum absolute atomic E-state index is 0.109. The van der Waals surface area contributed by atoms with Crippen molar-refractivity contribution in [2.75, 3.05) is 16.8 Å². The summed E-state index contributed by atoms with van der Waals surface area (Å²) in [5.41, 5.74) is 1.87. The lowest BCUT2D eigenvalue weighted by Crippen LogP contribution is -2.49. The monoisotopic (exact) mass is 396 g/mol. The Morgan fingerprint density at radius 1 is 1.17 bits per heavy atom. The number of benzene rings is 2. The fraction of sp³-hybridized carbons (Fsp3) is 0.238. The van der Waals surface area contributed by atoms with E-state index in [9.17, 15) is 19.2 Å². The van der Waals surface area contributed by atoms with E-state index in [2.05, 4.69) is 5.32 Å². The predicted molar refractivity (Wildman–Crippen MR) is 105 cm³/mol. The Morgan fingerprint density at radius 3 is 2.48 bits per heavy atom. The summed E-state index contributed by atoms with van der Waals surface area (Å²) < 4.78 is 5.41. The number of hydrogen-bond acceptors (Lipinski definition) is 5. The van der Waals surface area contributed by atoms with Gasteiger partial charge in [0.15, 0.2) is 12.4 Å². The van der Waals surface area contributed by atoms with Gasteiger partial charge in [-0.2, -0.15) is 0 Å². The van der Waals surface area contributed by atoms with Crippen LogP contribution in [0.4, 0.5) is 11.4 Å². The average Bonchev–Trinajstić information content (AvgIpc) is 2.68. The lowest BCUT2D eigenvalue weighted by atomic mass is 10.1. The van der Waals surface area contributed by atoms with Gasteiger partial charge < -0.3 is 15.2 Å². The molecular weight excluding hydrogens is 376 g/mol. The summed E-state index contributed by atoms with van der Waals surface area (Å²) in [5, 5.41) is 11.5. The summed E-state index contributed by atoms with van der Waals surface area (Å²) in [4.78, 5) is 49.0. The lowest BCUT2D eigenvalue weighted by Gasteiger charge is -2.33. The molecule has 0 fully saturated rings. The van der Waals surface area contributed by atoms with Gasteiger partial charge in [-0.05, 0) is 49.7 Å². The maximum Gasteiger partial charge on any atom is 0.307 e. The van der Waals surface area contributed by atoms with Gasteiger partial charge >= 0.3 is 5.97 Å². The number of aliphatic carboxylic acids is 1. The molecule has 2 amide bonds. The van der Waals surface area contributed by atoms with Gasteiger partial charge in [0.2, 0.25) is 5.91 Å². The Kier molecular flexibility index (Phi) is 5.63. The fourth-order valence-electron chi connectivity index (χ4n) is 3.06. The molecule has 2 N–H and O–H groups in total. The molecule has 150 valence electrons. The van der Waals surface area contributed by atoms with Gasteiger partial charge in [0.1, 0.15) is 11.8 Å². The molecule has 1 atom stereocenters. The van der Waals surface area contributed by atoms with Crippen LogP contribution >= 0.6 is 0 Å². The van der Waals surface area contributed by atoms with Crippen molar-refractivity contribution >= 4 is 34.9 Å². The molecule has 0 aliphatic carbocycles. The molecule has 8 nitrogen and oxygen atoms in total. The van der Waals surface area contributed by atoms with E-state index in [1.165, 1.54) is 11.8 Å². The van der Waals surface area contributed by atoms with Gasteiger partial charge in [-0.15, -0.1) is 0 Å². The van der Waals surface area contributed by atoms with Crippen molar-refractivity contribution in [3.8, 4) is 5.75 Å². The van der Waals surface area contributed by atoms with Crippen molar-refractivity contribution in [1.29, 1.82) is 0 Å². The van der Waals surface area contributed by atoms with E-state index in [-0.39, 0.29) is 18.8 Å². The van der Waals surface area contributed by atoms with Crippen LogP contribution in [-0.4, -0.2) is 41.3 Å². The number of carboxylic acid groups (broad SMARTS) is 1. The fourth-order valence-corrected chi connectivity index (χ4v) is 3.06. The van der Waals surface area contributed by atoms with Gasteiger partial charge in [0.05, 0.1) is 12.1 Å². The molecule has 1 heterocycles. The predicted octanol–water partition coefficient (Wildman–Crippen LogP) is 2.27. The summed E-state index contributed by atoms with van der Waals surface area (Å²) in [6.07, 6.45) is -0.109. The summed E-state index contributed by atoms with van der Waals surface area (Å²) in [6, 6.07) is 10.3. The number of carboxylic acids is 1. The Bertz CT molecular complexity index is 983. The highest BCUT2D eigenvalue weighted by molar-refractivity contribution is 6.07. The molecule has 8 heteroatoms. The summed E-state index contributed by atoms with van der Waals surface area (Å²) in [6.45, 7) is 2.80. The quantitative estimate of drug-likeness (QED) is 0.724. The number of anilines is 2. The van der Waals surface area contributed by atoms with Crippen molar-refractivity contribution in [3.63, 3.8) is 0 Å². The highest BCUT2D eigenvalue weighted by Crippen LogP contribution is 2.34. The normalized spacial score (nSPS) is 13.9. The zero-order chi connectivity index (χ0) is 21.1. The number of nitrogens with one attached hydrogen (secondary N) is 1. The largest absolute Gasteiger partial charge is 0.482 e. The topological polar surface area (TPSA) is 113 Å². The molecule has 0 saturated heterocycles. The van der Waals surface area contributed by atoms with E-state index < -0.39 is 23.8 Å². The molecule has 1 aliphatic heterocycles. The second-order valence-corrected chi connectivity index (χ2v) is 6.72. The highest BCUT2D eigenvalue weighted by atomic mass is 16.5. The highest BCUT2D eigenvalue weighted by Gasteiger charge is 2.33. The van der Waals surface area contributed by atoms with E-state index in [1.54, 1.807) is 49.4 Å². The standard InChI is InChI=1S/C21H20N2O6/c1-12(21(28)22-16-6-3-14(4-7-16)9-20(26)27)23-17-10-15(13(2)24)5-8-18(17)29-11-19(23)25/h3-8,10,12H,9,11H2,1-2H3,(H,22,28)(H,26,27). The van der Waals surface area contributed by atoms with Crippen LogP contribution in [0.3, 0.4) is 0 Å². The molecule has 2 aromatic carbocycles. The molecule has 0 spiro atoms. The first-order valence-electron chi connectivity index (χ1n) is 8.97. The number of Topliss-reactive ketones (excluding diaryl/α,β-unsaturated/α-hetero) is 1. The Morgan fingerprint density at radius 2 is 1.86 bits per heavy atom. The van der Waals surface area contributed by atoms with Gasteiger partial charge in [-0.1, -0.05) is 12.1 Å². The van der Waals surface area contributed by atoms with Crippen molar-refractivity contribution in [2.45, 2.75) is 26.3 Å². The van der Waals surface area contributed by atoms with Crippen molar-refractivity contribution in [2.24, 2.45) is 0 Å². The molecule has 0 saturated carbocycles. The van der Waals surface area contributed by atoms with Gasteiger partial charge in [-0.25, -0.2) is 0 Å². The number of rotatable bonds is 6. The van der Waals surface area contributed by atoms with Crippen LogP contribution < -0.4 is 15.0 Å². The summed E-state index contributed by atoms with van der Waals surface area (Å²) in [5.74, 6) is -1.50. The van der Waals surface area contributed by atoms with E-state index in [1.807, 2.05) is 0 Å². The maximum atomic E-state index is 12.7. The molecule has 3 rings (SSSR count). The zero-order valence-corrected chi connectivity index (χ0v) is 16.0. The minimum atomic E-state index is -0.940. The average molecular weight is 396 g/mol. The molecule has 0 aromatic heterocycles. The molecular formula is C21H20N2O6. The molecule has 2 aromatic rings. The van der Waals surface area contributed by atoms with E-state index in [0.29, 0.717) is 28.3 Å². The number of amides is 2. The molecule has 1 aliphatic rings. The number of ether oxygens (including phenoxy) is 1. The molecule has 29 heavy (non-hydrogen) atoms. The third kappa shape index (κ3) is 4.43. The second kappa shape index (κ2) is 8.14. The number of ketones is 1. The maximum absolute atomic E-state index is 12.7. The molecule has 1 unspecified atom stereocenters. The Balaban J connectivity index is 1.80. The first-order chi connectivity index (χ1) is 13.8. The van der Waals surface area contributed by atoms with Crippen LogP contribution in [0.1, 0.15) is 29.8 Å². The first-order valence-corrected chi connectivity index (χ1v) is 8.97. The van der Waals surface area contributed by atoms with Crippen LogP contribution in [-0.2, 0) is 20.8 Å². The number of nitrogens with zero attached hydrogens (tertiary/aromatic N) is 1. The first kappa shape index (κ1) is 20.1. The third-order valence-electron chi connectivity index (χ3n) is 4.59. The smallest absolute Gasteiger partial charge is 0.307 e. The number of carbonyl (C=O) groups excluding carboxylic acids is 3. The number of carbonyl (C=O) groups is 4. The lowest BCUT2D eigenvalue weighted by molar-refractivity contribution is -0.136. The summed E-state index contributed by atoms with van der Waals surface area (Å²) in [7, 11) is 0.